The van der Waals surface area contributed by atoms with Crippen molar-refractivity contribution in [1.82, 2.24) is 10.2 Å². The second-order valence-electron chi connectivity index (χ2n) is 9.06. The SMILES string of the molecule is Cc1ccc(CN(C(=O)COc2ccc3ccccc3c2Br)[C@H](C)C(=O)NC2CCCC2)cc1. The van der Waals surface area contributed by atoms with Gasteiger partial charge >= 0.3 is 0 Å². The molecule has 0 saturated heterocycles. The van der Waals surface area contributed by atoms with Crippen LogP contribution in [0, 0.1) is 6.92 Å². The smallest absolute Gasteiger partial charge is 0.261 e. The van der Waals surface area contributed by atoms with Crippen LogP contribution in [0.5, 0.6) is 5.75 Å². The van der Waals surface area contributed by atoms with Crippen molar-refractivity contribution < 1.29 is 14.3 Å². The molecule has 4 rings (SSSR count). The molecule has 0 bridgehead atoms. The number of hydrogen-bond acceptors (Lipinski definition) is 3. The minimum absolute atomic E-state index is 0.112. The zero-order valence-corrected chi connectivity index (χ0v) is 21.3. The Morgan fingerprint density at radius 2 is 1.76 bits per heavy atom. The van der Waals surface area contributed by atoms with Crippen LogP contribution in [0.15, 0.2) is 65.1 Å². The lowest BCUT2D eigenvalue weighted by Crippen LogP contribution is -2.50. The van der Waals surface area contributed by atoms with Gasteiger partial charge < -0.3 is 15.0 Å². The van der Waals surface area contributed by atoms with Crippen LogP contribution in [0.2, 0.25) is 0 Å². The van der Waals surface area contributed by atoms with Gasteiger partial charge in [0.25, 0.3) is 5.91 Å². The third kappa shape index (κ3) is 5.79. The molecule has 5 nitrogen and oxygen atoms in total. The van der Waals surface area contributed by atoms with Crippen LogP contribution < -0.4 is 10.1 Å². The molecule has 0 aromatic heterocycles. The Labute approximate surface area is 209 Å². The zero-order valence-electron chi connectivity index (χ0n) is 19.7. The highest BCUT2D eigenvalue weighted by molar-refractivity contribution is 9.10. The second-order valence-corrected chi connectivity index (χ2v) is 9.85. The number of carbonyl (C=O) groups is 2. The summed E-state index contributed by atoms with van der Waals surface area (Å²) < 4.78 is 6.75. The van der Waals surface area contributed by atoms with Gasteiger partial charge in [-0.25, -0.2) is 0 Å². The van der Waals surface area contributed by atoms with Crippen molar-refractivity contribution >= 4 is 38.5 Å². The number of ether oxygens (including phenoxy) is 1. The Kier molecular flexibility index (Phi) is 7.88. The monoisotopic (exact) mass is 522 g/mol. The molecule has 1 aliphatic carbocycles. The zero-order chi connectivity index (χ0) is 24.1. The van der Waals surface area contributed by atoms with Crippen molar-refractivity contribution in [2.75, 3.05) is 6.61 Å². The van der Waals surface area contributed by atoms with Gasteiger partial charge in [-0.15, -0.1) is 0 Å². The van der Waals surface area contributed by atoms with Gasteiger partial charge in [0.05, 0.1) is 4.47 Å². The first kappa shape index (κ1) is 24.3. The van der Waals surface area contributed by atoms with Crippen molar-refractivity contribution in [2.24, 2.45) is 0 Å². The van der Waals surface area contributed by atoms with Crippen LogP contribution in [0.3, 0.4) is 0 Å². The molecule has 178 valence electrons. The van der Waals surface area contributed by atoms with E-state index in [0.717, 1.165) is 52.1 Å². The number of rotatable bonds is 8. The first-order valence-corrected chi connectivity index (χ1v) is 12.7. The molecule has 3 aromatic rings. The Balaban J connectivity index is 1.49. The predicted octanol–water partition coefficient (Wildman–Crippen LogP) is 5.77. The van der Waals surface area contributed by atoms with E-state index in [9.17, 15) is 9.59 Å². The summed E-state index contributed by atoms with van der Waals surface area (Å²) in [5, 5.41) is 5.24. The number of fused-ring (bicyclic) bond motifs is 1. The fourth-order valence-corrected chi connectivity index (χ4v) is 5.02. The van der Waals surface area contributed by atoms with Gasteiger partial charge in [-0.05, 0) is 65.0 Å². The summed E-state index contributed by atoms with van der Waals surface area (Å²) in [6, 6.07) is 19.5. The number of hydrogen-bond donors (Lipinski definition) is 1. The third-order valence-corrected chi connectivity index (χ3v) is 7.34. The van der Waals surface area contributed by atoms with Gasteiger partial charge in [0.2, 0.25) is 5.91 Å². The van der Waals surface area contributed by atoms with Crippen molar-refractivity contribution in [3.8, 4) is 5.75 Å². The molecule has 0 spiro atoms. The lowest BCUT2D eigenvalue weighted by Gasteiger charge is -2.29. The highest BCUT2D eigenvalue weighted by atomic mass is 79.9. The topological polar surface area (TPSA) is 58.6 Å². The van der Waals surface area contributed by atoms with Crippen LogP contribution in [0.1, 0.15) is 43.7 Å². The van der Waals surface area contributed by atoms with Crippen molar-refractivity contribution in [2.45, 2.75) is 58.2 Å². The molecule has 6 heteroatoms. The molecule has 0 radical (unpaired) electrons. The third-order valence-electron chi connectivity index (χ3n) is 6.52. The molecule has 0 aliphatic heterocycles. The lowest BCUT2D eigenvalue weighted by molar-refractivity contribution is -0.142. The number of aryl methyl sites for hydroxylation is 1. The normalized spacial score (nSPS) is 14.7. The van der Waals surface area contributed by atoms with Crippen LogP contribution >= 0.6 is 15.9 Å². The summed E-state index contributed by atoms with van der Waals surface area (Å²) in [5.41, 5.74) is 2.13. The molecule has 2 amide bonds. The summed E-state index contributed by atoms with van der Waals surface area (Å²) >= 11 is 3.62. The molecular weight excluding hydrogens is 492 g/mol. The average Bonchev–Trinajstić information content (AvgIpc) is 3.36. The quantitative estimate of drug-likeness (QED) is 0.408. The lowest BCUT2D eigenvalue weighted by atomic mass is 10.1. The molecule has 34 heavy (non-hydrogen) atoms. The summed E-state index contributed by atoms with van der Waals surface area (Å²) in [4.78, 5) is 28.0. The van der Waals surface area contributed by atoms with Crippen molar-refractivity contribution in [3.05, 3.63) is 76.3 Å². The van der Waals surface area contributed by atoms with E-state index in [0.29, 0.717) is 12.3 Å². The highest BCUT2D eigenvalue weighted by Crippen LogP contribution is 2.33. The molecule has 1 atom stereocenters. The van der Waals surface area contributed by atoms with E-state index >= 15 is 0 Å². The summed E-state index contributed by atoms with van der Waals surface area (Å²) in [6.45, 7) is 4.02. The Bertz CT molecular complexity index is 1160. The Hall–Kier alpha value is -2.86. The maximum absolute atomic E-state index is 13.4. The molecular formula is C28H31BrN2O3. The van der Waals surface area contributed by atoms with E-state index in [1.807, 2.05) is 67.6 Å². The van der Waals surface area contributed by atoms with E-state index in [4.69, 9.17) is 4.74 Å². The van der Waals surface area contributed by atoms with Crippen molar-refractivity contribution in [1.29, 1.82) is 0 Å². The molecule has 1 N–H and O–H groups in total. The van der Waals surface area contributed by atoms with Crippen LogP contribution in [0.25, 0.3) is 10.8 Å². The number of nitrogens with zero attached hydrogens (tertiary/aromatic N) is 1. The van der Waals surface area contributed by atoms with Crippen LogP contribution in [-0.4, -0.2) is 35.4 Å². The number of nitrogens with one attached hydrogen (secondary N) is 1. The maximum atomic E-state index is 13.4. The molecule has 0 heterocycles. The van der Waals surface area contributed by atoms with E-state index in [1.165, 1.54) is 0 Å². The minimum Gasteiger partial charge on any atom is -0.483 e. The average molecular weight is 523 g/mol. The van der Waals surface area contributed by atoms with Gasteiger partial charge in [-0.3, -0.25) is 9.59 Å². The summed E-state index contributed by atoms with van der Waals surface area (Å²) in [7, 11) is 0. The standard InChI is InChI=1S/C28H31BrN2O3/c1-19-11-13-21(14-12-19)17-31(20(2)28(33)30-23-8-4-5-9-23)26(32)18-34-25-16-15-22-7-3-6-10-24(22)27(25)29/h3,6-7,10-16,20,23H,4-5,8-9,17-18H2,1-2H3,(H,30,33)/t20-/m1/s1. The number of amides is 2. The van der Waals surface area contributed by atoms with Gasteiger partial charge in [-0.2, -0.15) is 0 Å². The van der Waals surface area contributed by atoms with E-state index in [1.54, 1.807) is 11.8 Å². The maximum Gasteiger partial charge on any atom is 0.261 e. The van der Waals surface area contributed by atoms with E-state index in [2.05, 4.69) is 21.2 Å². The van der Waals surface area contributed by atoms with Crippen molar-refractivity contribution in [3.63, 3.8) is 0 Å². The minimum atomic E-state index is -0.599. The van der Waals surface area contributed by atoms with Crippen LogP contribution in [-0.2, 0) is 16.1 Å². The highest BCUT2D eigenvalue weighted by Gasteiger charge is 2.29. The predicted molar refractivity (Wildman–Crippen MR) is 139 cm³/mol. The Morgan fingerprint density at radius 3 is 2.50 bits per heavy atom. The largest absolute Gasteiger partial charge is 0.483 e. The second kappa shape index (κ2) is 11.0. The molecule has 0 unspecified atom stereocenters. The van der Waals surface area contributed by atoms with Gasteiger partial charge in [0.1, 0.15) is 11.8 Å². The van der Waals surface area contributed by atoms with Crippen LogP contribution in [0.4, 0.5) is 0 Å². The number of carbonyl (C=O) groups excluding carboxylic acids is 2. The molecule has 1 saturated carbocycles. The fraction of sp³-hybridized carbons (Fsp3) is 0.357. The summed E-state index contributed by atoms with van der Waals surface area (Å²) in [6.07, 6.45) is 4.28. The molecule has 1 aliphatic rings. The van der Waals surface area contributed by atoms with E-state index in [-0.39, 0.29) is 24.5 Å². The fourth-order valence-electron chi connectivity index (χ4n) is 4.41. The van der Waals surface area contributed by atoms with E-state index < -0.39 is 6.04 Å². The molecule has 1 fully saturated rings. The van der Waals surface area contributed by atoms with Gasteiger partial charge in [0, 0.05) is 12.6 Å². The van der Waals surface area contributed by atoms with Gasteiger partial charge in [0.15, 0.2) is 6.61 Å². The first-order chi connectivity index (χ1) is 16.4. The molecule has 3 aromatic carbocycles. The van der Waals surface area contributed by atoms with Gasteiger partial charge in [-0.1, -0.05) is 73.0 Å². The Morgan fingerprint density at radius 1 is 1.06 bits per heavy atom. The number of halogens is 1. The summed E-state index contributed by atoms with van der Waals surface area (Å²) in [5.74, 6) is 0.263. The number of benzene rings is 3. The first-order valence-electron chi connectivity index (χ1n) is 11.9.